The fourth-order valence-electron chi connectivity index (χ4n) is 3.34. The number of nitrogens with zero attached hydrogens (tertiary/aromatic N) is 2. The van der Waals surface area contributed by atoms with Gasteiger partial charge in [0, 0.05) is 24.8 Å². The summed E-state index contributed by atoms with van der Waals surface area (Å²) >= 11 is 0. The first-order valence-electron chi connectivity index (χ1n) is 7.68. The molecule has 2 N–H and O–H groups in total. The standard InChI is InChI=1S/C15H21N3O3S/c16-22(20,21)14-8-6-13(7-9-14)18-11-10-17(15(18)19)12-4-2-1-3-5-12/h6-9,12H,1-5,10-11H2,(H2,16,20,21). The van der Waals surface area contributed by atoms with Gasteiger partial charge in [-0.1, -0.05) is 19.3 Å². The maximum atomic E-state index is 12.6. The fourth-order valence-corrected chi connectivity index (χ4v) is 3.86. The van der Waals surface area contributed by atoms with Crippen LogP contribution in [0.4, 0.5) is 10.5 Å². The number of nitrogens with two attached hydrogens (primary N) is 1. The molecule has 0 aromatic heterocycles. The molecule has 6 nitrogen and oxygen atoms in total. The van der Waals surface area contributed by atoms with Crippen LogP contribution in [0.1, 0.15) is 32.1 Å². The molecule has 2 amide bonds. The second-order valence-electron chi connectivity index (χ2n) is 5.96. The molecule has 0 atom stereocenters. The Morgan fingerprint density at radius 3 is 2.23 bits per heavy atom. The van der Waals surface area contributed by atoms with Crippen molar-refractivity contribution < 1.29 is 13.2 Å². The maximum absolute atomic E-state index is 12.6. The van der Waals surface area contributed by atoms with Crippen LogP contribution in [0.2, 0.25) is 0 Å². The topological polar surface area (TPSA) is 83.7 Å². The van der Waals surface area contributed by atoms with Crippen molar-refractivity contribution in [1.29, 1.82) is 0 Å². The third kappa shape index (κ3) is 2.96. The Morgan fingerprint density at radius 2 is 1.64 bits per heavy atom. The van der Waals surface area contributed by atoms with Crippen LogP contribution in [-0.4, -0.2) is 38.5 Å². The molecule has 2 fully saturated rings. The monoisotopic (exact) mass is 323 g/mol. The van der Waals surface area contributed by atoms with Crippen LogP contribution in [0, 0.1) is 0 Å². The molecule has 120 valence electrons. The summed E-state index contributed by atoms with van der Waals surface area (Å²) in [4.78, 5) is 16.3. The van der Waals surface area contributed by atoms with E-state index in [0.29, 0.717) is 12.6 Å². The van der Waals surface area contributed by atoms with E-state index in [1.54, 1.807) is 17.0 Å². The Hall–Kier alpha value is -1.60. The number of sulfonamides is 1. The number of hydrogen-bond donors (Lipinski definition) is 1. The van der Waals surface area contributed by atoms with Crippen LogP contribution >= 0.6 is 0 Å². The van der Waals surface area contributed by atoms with E-state index in [-0.39, 0.29) is 10.9 Å². The number of benzene rings is 1. The lowest BCUT2D eigenvalue weighted by Crippen LogP contribution is -2.40. The summed E-state index contributed by atoms with van der Waals surface area (Å²) in [5, 5.41) is 5.09. The lowest BCUT2D eigenvalue weighted by atomic mass is 9.94. The van der Waals surface area contributed by atoms with E-state index in [1.807, 2.05) is 4.90 Å². The average molecular weight is 323 g/mol. The molecule has 0 radical (unpaired) electrons. The SMILES string of the molecule is NS(=O)(=O)c1ccc(N2CCN(C3CCCCC3)C2=O)cc1. The number of carbonyl (C=O) groups is 1. The predicted molar refractivity (Wildman–Crippen MR) is 84.1 cm³/mol. The highest BCUT2D eigenvalue weighted by Gasteiger charge is 2.34. The molecule has 0 unspecified atom stereocenters. The van der Waals surface area contributed by atoms with Gasteiger partial charge in [-0.15, -0.1) is 0 Å². The fraction of sp³-hybridized carbons (Fsp3) is 0.533. The lowest BCUT2D eigenvalue weighted by Gasteiger charge is -2.30. The summed E-state index contributed by atoms with van der Waals surface area (Å²) in [5.74, 6) is 0. The van der Waals surface area contributed by atoms with E-state index in [0.717, 1.165) is 25.1 Å². The quantitative estimate of drug-likeness (QED) is 0.922. The number of anilines is 1. The van der Waals surface area contributed by atoms with Gasteiger partial charge in [0.2, 0.25) is 10.0 Å². The summed E-state index contributed by atoms with van der Waals surface area (Å²) in [5.41, 5.74) is 0.718. The number of rotatable bonds is 3. The molecule has 1 saturated heterocycles. The molecule has 22 heavy (non-hydrogen) atoms. The molecule has 0 bridgehead atoms. The minimum atomic E-state index is -3.70. The first-order chi connectivity index (χ1) is 10.5. The summed E-state index contributed by atoms with van der Waals surface area (Å²) in [7, 11) is -3.70. The Kier molecular flexibility index (Phi) is 4.10. The van der Waals surface area contributed by atoms with Crippen molar-refractivity contribution in [3.05, 3.63) is 24.3 Å². The number of amides is 2. The highest BCUT2D eigenvalue weighted by Crippen LogP contribution is 2.28. The van der Waals surface area contributed by atoms with Gasteiger partial charge in [0.15, 0.2) is 0 Å². The molecule has 1 aromatic rings. The molecule has 1 aliphatic heterocycles. The van der Waals surface area contributed by atoms with Crippen LogP contribution in [0.3, 0.4) is 0 Å². The third-order valence-corrected chi connectivity index (χ3v) is 5.46. The van der Waals surface area contributed by atoms with E-state index in [4.69, 9.17) is 5.14 Å². The smallest absolute Gasteiger partial charge is 0.320 e. The first-order valence-corrected chi connectivity index (χ1v) is 9.22. The van der Waals surface area contributed by atoms with Crippen LogP contribution < -0.4 is 10.0 Å². The second-order valence-corrected chi connectivity index (χ2v) is 7.52. The van der Waals surface area contributed by atoms with Gasteiger partial charge in [-0.2, -0.15) is 0 Å². The molecule has 0 spiro atoms. The minimum absolute atomic E-state index is 0.0234. The normalized spacial score (nSPS) is 20.7. The van der Waals surface area contributed by atoms with Crippen LogP contribution in [0.5, 0.6) is 0 Å². The van der Waals surface area contributed by atoms with Gasteiger partial charge in [-0.05, 0) is 37.1 Å². The van der Waals surface area contributed by atoms with Crippen molar-refractivity contribution in [3.63, 3.8) is 0 Å². The number of hydrogen-bond acceptors (Lipinski definition) is 3. The van der Waals surface area contributed by atoms with Crippen molar-refractivity contribution in [2.45, 2.75) is 43.0 Å². The van der Waals surface area contributed by atoms with Crippen molar-refractivity contribution in [2.24, 2.45) is 5.14 Å². The molecule has 7 heteroatoms. The van der Waals surface area contributed by atoms with Gasteiger partial charge in [-0.25, -0.2) is 18.4 Å². The summed E-state index contributed by atoms with van der Waals surface area (Å²) in [6.07, 6.45) is 5.82. The number of carbonyl (C=O) groups excluding carboxylic acids is 1. The molecule has 1 heterocycles. The maximum Gasteiger partial charge on any atom is 0.324 e. The molecule has 1 aromatic carbocycles. The highest BCUT2D eigenvalue weighted by molar-refractivity contribution is 7.89. The predicted octanol–water partition coefficient (Wildman–Crippen LogP) is 1.91. The van der Waals surface area contributed by atoms with Crippen LogP contribution in [0.15, 0.2) is 29.2 Å². The van der Waals surface area contributed by atoms with Crippen molar-refractivity contribution in [1.82, 2.24) is 4.90 Å². The zero-order chi connectivity index (χ0) is 15.7. The second kappa shape index (κ2) is 5.89. The van der Waals surface area contributed by atoms with Gasteiger partial charge in [0.05, 0.1) is 4.90 Å². The zero-order valence-corrected chi connectivity index (χ0v) is 13.3. The van der Waals surface area contributed by atoms with E-state index >= 15 is 0 Å². The Bertz CT molecular complexity index is 651. The van der Waals surface area contributed by atoms with E-state index in [9.17, 15) is 13.2 Å². The van der Waals surface area contributed by atoms with Gasteiger partial charge in [-0.3, -0.25) is 4.90 Å². The zero-order valence-electron chi connectivity index (χ0n) is 12.4. The Labute approximate surface area is 130 Å². The largest absolute Gasteiger partial charge is 0.324 e. The molecule has 2 aliphatic rings. The number of primary sulfonamides is 1. The Balaban J connectivity index is 1.74. The molecular weight excluding hydrogens is 302 g/mol. The summed E-state index contributed by atoms with van der Waals surface area (Å²) in [6, 6.07) is 6.55. The summed E-state index contributed by atoms with van der Waals surface area (Å²) in [6.45, 7) is 1.38. The van der Waals surface area contributed by atoms with Gasteiger partial charge in [0.25, 0.3) is 0 Å². The Morgan fingerprint density at radius 1 is 1.00 bits per heavy atom. The van der Waals surface area contributed by atoms with Crippen LogP contribution in [0.25, 0.3) is 0 Å². The van der Waals surface area contributed by atoms with E-state index < -0.39 is 10.0 Å². The lowest BCUT2D eigenvalue weighted by molar-refractivity contribution is 0.181. The average Bonchev–Trinajstić information content (AvgIpc) is 2.89. The van der Waals surface area contributed by atoms with Crippen molar-refractivity contribution >= 4 is 21.7 Å². The molecule has 1 aliphatic carbocycles. The van der Waals surface area contributed by atoms with Gasteiger partial charge in [0.1, 0.15) is 0 Å². The molecular formula is C15H21N3O3S. The minimum Gasteiger partial charge on any atom is -0.320 e. The highest BCUT2D eigenvalue weighted by atomic mass is 32.2. The van der Waals surface area contributed by atoms with Crippen molar-refractivity contribution in [2.75, 3.05) is 18.0 Å². The molecule has 1 saturated carbocycles. The van der Waals surface area contributed by atoms with Gasteiger partial charge >= 0.3 is 6.03 Å². The van der Waals surface area contributed by atoms with Crippen LogP contribution in [-0.2, 0) is 10.0 Å². The number of urea groups is 1. The molecule has 3 rings (SSSR count). The summed E-state index contributed by atoms with van der Waals surface area (Å²) < 4.78 is 22.6. The van der Waals surface area contributed by atoms with Crippen molar-refractivity contribution in [3.8, 4) is 0 Å². The first kappa shape index (κ1) is 15.3. The van der Waals surface area contributed by atoms with E-state index in [1.165, 1.54) is 31.4 Å². The van der Waals surface area contributed by atoms with E-state index in [2.05, 4.69) is 0 Å². The van der Waals surface area contributed by atoms with Gasteiger partial charge < -0.3 is 4.90 Å². The third-order valence-electron chi connectivity index (χ3n) is 4.53.